The topological polar surface area (TPSA) is 48.0 Å². The first-order chi connectivity index (χ1) is 25.8. The molecule has 0 aliphatic rings. The fourth-order valence-electron chi connectivity index (χ4n) is 7.39. The van der Waals surface area contributed by atoms with E-state index in [4.69, 9.17) is 15.0 Å². The number of nitrogens with zero attached hydrogens (tertiary/aromatic N) is 5. The minimum atomic E-state index is 0.635. The number of hydrogen-bond donors (Lipinski definition) is 0. The third-order valence-electron chi connectivity index (χ3n) is 9.75. The molecule has 0 amide bonds. The van der Waals surface area contributed by atoms with Gasteiger partial charge in [-0.05, 0) is 53.1 Å². The molecule has 0 unspecified atom stereocenters. The summed E-state index contributed by atoms with van der Waals surface area (Å²) in [6.07, 6.45) is 0. The number of rotatable bonds is 6. The second-order valence-electron chi connectivity index (χ2n) is 12.9. The molecule has 52 heavy (non-hydrogen) atoms. The molecule has 7 aromatic carbocycles. The van der Waals surface area contributed by atoms with E-state index < -0.39 is 0 Å². The van der Waals surface area contributed by atoms with Crippen molar-refractivity contribution in [2.75, 3.05) is 0 Å². The Morgan fingerprint density at radius 2 is 0.788 bits per heavy atom. The molecule has 0 fully saturated rings. The summed E-state index contributed by atoms with van der Waals surface area (Å²) in [6, 6.07) is 65.6. The lowest BCUT2D eigenvalue weighted by Gasteiger charge is -2.12. The van der Waals surface area contributed by atoms with Gasteiger partial charge >= 0.3 is 0 Å². The van der Waals surface area contributed by atoms with Crippen LogP contribution in [0.3, 0.4) is 0 Å². The van der Waals surface area contributed by atoms with Gasteiger partial charge in [0, 0.05) is 33.3 Å². The largest absolute Gasteiger partial charge is 0.293 e. The second-order valence-corrected chi connectivity index (χ2v) is 12.9. The molecular weight excluding hydrogens is 635 g/mol. The van der Waals surface area contributed by atoms with E-state index in [-0.39, 0.29) is 0 Å². The molecule has 5 heteroatoms. The van der Waals surface area contributed by atoms with Crippen molar-refractivity contribution < 1.29 is 0 Å². The number of hydrogen-bond acceptors (Lipinski definition) is 3. The van der Waals surface area contributed by atoms with Crippen molar-refractivity contribution in [1.29, 1.82) is 0 Å². The molecule has 0 radical (unpaired) electrons. The Kier molecular flexibility index (Phi) is 7.07. The van der Waals surface area contributed by atoms with Crippen molar-refractivity contribution in [3.8, 4) is 62.1 Å². The molecule has 244 valence electrons. The first kappa shape index (κ1) is 29.8. The predicted molar refractivity (Wildman–Crippen MR) is 212 cm³/mol. The molecule has 0 atom stereocenters. The summed E-state index contributed by atoms with van der Waals surface area (Å²) in [4.78, 5) is 14.9. The van der Waals surface area contributed by atoms with E-state index in [2.05, 4.69) is 136 Å². The zero-order valence-electron chi connectivity index (χ0n) is 28.1. The molecular formula is C47H31N5. The highest BCUT2D eigenvalue weighted by Crippen LogP contribution is 2.41. The lowest BCUT2D eigenvalue weighted by atomic mass is 10.0. The highest BCUT2D eigenvalue weighted by molar-refractivity contribution is 6.09. The maximum absolute atomic E-state index is 4.99. The van der Waals surface area contributed by atoms with Gasteiger partial charge in [-0.2, -0.15) is 0 Å². The Hall–Kier alpha value is -7.11. The first-order valence-corrected chi connectivity index (χ1v) is 17.5. The molecule has 10 aromatic rings. The summed E-state index contributed by atoms with van der Waals surface area (Å²) in [5.41, 5.74) is 13.2. The van der Waals surface area contributed by atoms with Crippen LogP contribution in [0.4, 0.5) is 0 Å². The molecule has 0 aliphatic heterocycles. The van der Waals surface area contributed by atoms with Gasteiger partial charge in [0.25, 0.3) is 0 Å². The molecule has 0 spiro atoms. The van der Waals surface area contributed by atoms with Crippen LogP contribution in [0.1, 0.15) is 0 Å². The predicted octanol–water partition coefficient (Wildman–Crippen LogP) is 11.6. The standard InChI is InChI=1S/C47H31N5/c1-4-16-32(17-5-1)43-39-26-10-11-27-40(39)52-42-29-13-12-28-41(42)51(47(43)52)38-25-15-23-36(31-38)35-22-14-24-37(30-35)46-49-44(33-18-6-2-7-19-33)48-45(50-46)34-20-8-3-9-21-34/h1-31H. The Labute approximate surface area is 300 Å². The van der Waals surface area contributed by atoms with Crippen molar-refractivity contribution in [3.05, 3.63) is 188 Å². The SMILES string of the molecule is c1ccc(-c2nc(-c3ccccc3)nc(-c3cccc(-c4cccc(-n5c6ccccc6n6c7ccccc7c(-c7ccccc7)c56)c4)c3)n2)cc1. The lowest BCUT2D eigenvalue weighted by Crippen LogP contribution is -2.00. The molecule has 10 rings (SSSR count). The highest BCUT2D eigenvalue weighted by atomic mass is 15.1. The van der Waals surface area contributed by atoms with E-state index in [1.165, 1.54) is 27.5 Å². The van der Waals surface area contributed by atoms with Gasteiger partial charge in [-0.3, -0.25) is 8.97 Å². The van der Waals surface area contributed by atoms with Gasteiger partial charge < -0.3 is 0 Å². The zero-order valence-corrected chi connectivity index (χ0v) is 28.1. The van der Waals surface area contributed by atoms with E-state index in [1.807, 2.05) is 60.7 Å². The average molecular weight is 666 g/mol. The van der Waals surface area contributed by atoms with Crippen LogP contribution in [-0.2, 0) is 0 Å². The van der Waals surface area contributed by atoms with Gasteiger partial charge in [0.15, 0.2) is 17.5 Å². The monoisotopic (exact) mass is 665 g/mol. The number of benzene rings is 7. The molecule has 3 heterocycles. The van der Waals surface area contributed by atoms with E-state index in [9.17, 15) is 0 Å². The lowest BCUT2D eigenvalue weighted by molar-refractivity contribution is 1.07. The number of para-hydroxylation sites is 3. The minimum absolute atomic E-state index is 0.635. The van der Waals surface area contributed by atoms with E-state index in [0.717, 1.165) is 44.7 Å². The summed E-state index contributed by atoms with van der Waals surface area (Å²) < 4.78 is 4.82. The molecule has 0 N–H and O–H groups in total. The van der Waals surface area contributed by atoms with Crippen molar-refractivity contribution in [2.24, 2.45) is 0 Å². The van der Waals surface area contributed by atoms with Crippen LogP contribution < -0.4 is 0 Å². The average Bonchev–Trinajstić information content (AvgIpc) is 3.74. The van der Waals surface area contributed by atoms with Gasteiger partial charge in [0.1, 0.15) is 5.65 Å². The van der Waals surface area contributed by atoms with Crippen LogP contribution in [0.5, 0.6) is 0 Å². The van der Waals surface area contributed by atoms with Crippen LogP contribution in [0.25, 0.3) is 89.7 Å². The smallest absolute Gasteiger partial charge is 0.164 e. The molecule has 0 bridgehead atoms. The zero-order chi connectivity index (χ0) is 34.4. The quantitative estimate of drug-likeness (QED) is 0.178. The number of aromatic nitrogens is 5. The summed E-state index contributed by atoms with van der Waals surface area (Å²) in [5, 5.41) is 1.23. The molecule has 0 aliphatic carbocycles. The van der Waals surface area contributed by atoms with Gasteiger partial charge in [0.05, 0.1) is 16.6 Å². The van der Waals surface area contributed by atoms with Crippen LogP contribution in [0.15, 0.2) is 188 Å². The summed E-state index contributed by atoms with van der Waals surface area (Å²) >= 11 is 0. The van der Waals surface area contributed by atoms with Crippen LogP contribution in [0, 0.1) is 0 Å². The van der Waals surface area contributed by atoms with Crippen LogP contribution in [0.2, 0.25) is 0 Å². The van der Waals surface area contributed by atoms with Crippen molar-refractivity contribution in [2.45, 2.75) is 0 Å². The Balaban J connectivity index is 1.15. The van der Waals surface area contributed by atoms with E-state index in [0.29, 0.717) is 17.5 Å². The van der Waals surface area contributed by atoms with Crippen LogP contribution in [-0.4, -0.2) is 23.9 Å². The number of fused-ring (bicyclic) bond motifs is 5. The number of imidazole rings is 1. The van der Waals surface area contributed by atoms with Crippen molar-refractivity contribution in [3.63, 3.8) is 0 Å². The fourth-order valence-corrected chi connectivity index (χ4v) is 7.39. The van der Waals surface area contributed by atoms with E-state index in [1.54, 1.807) is 0 Å². The third kappa shape index (κ3) is 4.98. The first-order valence-electron chi connectivity index (χ1n) is 17.5. The van der Waals surface area contributed by atoms with Gasteiger partial charge in [-0.15, -0.1) is 0 Å². The molecule has 3 aromatic heterocycles. The van der Waals surface area contributed by atoms with Gasteiger partial charge in [0.2, 0.25) is 0 Å². The Morgan fingerprint density at radius 1 is 0.327 bits per heavy atom. The molecule has 0 saturated carbocycles. The third-order valence-corrected chi connectivity index (χ3v) is 9.75. The molecule has 0 saturated heterocycles. The second kappa shape index (κ2) is 12.3. The fraction of sp³-hybridized carbons (Fsp3) is 0. The normalized spacial score (nSPS) is 11.5. The summed E-state index contributed by atoms with van der Waals surface area (Å²) in [5.74, 6) is 1.93. The maximum atomic E-state index is 4.99. The minimum Gasteiger partial charge on any atom is -0.293 e. The van der Waals surface area contributed by atoms with Crippen LogP contribution >= 0.6 is 0 Å². The Morgan fingerprint density at radius 3 is 1.44 bits per heavy atom. The molecule has 5 nitrogen and oxygen atoms in total. The van der Waals surface area contributed by atoms with Gasteiger partial charge in [-0.1, -0.05) is 152 Å². The summed E-state index contributed by atoms with van der Waals surface area (Å²) in [6.45, 7) is 0. The van der Waals surface area contributed by atoms with Crippen molar-refractivity contribution >= 4 is 27.6 Å². The van der Waals surface area contributed by atoms with Gasteiger partial charge in [-0.25, -0.2) is 15.0 Å². The van der Waals surface area contributed by atoms with Crippen molar-refractivity contribution in [1.82, 2.24) is 23.9 Å². The Bertz CT molecular complexity index is 2830. The summed E-state index contributed by atoms with van der Waals surface area (Å²) in [7, 11) is 0. The highest BCUT2D eigenvalue weighted by Gasteiger charge is 2.22. The maximum Gasteiger partial charge on any atom is 0.164 e. The van der Waals surface area contributed by atoms with E-state index >= 15 is 0 Å².